The van der Waals surface area contributed by atoms with Gasteiger partial charge in [0.2, 0.25) is 5.91 Å². The van der Waals surface area contributed by atoms with E-state index in [1.807, 2.05) is 0 Å². The first kappa shape index (κ1) is 26.8. The topological polar surface area (TPSA) is 125 Å². The molecule has 10 heteroatoms. The van der Waals surface area contributed by atoms with Crippen LogP contribution < -0.4 is 0 Å². The molecule has 0 aliphatic carbocycles. The summed E-state index contributed by atoms with van der Waals surface area (Å²) >= 11 is 0. The fraction of sp³-hybridized carbons (Fsp3) is 0.652. The van der Waals surface area contributed by atoms with E-state index in [1.165, 1.54) is 30.4 Å². The smallest absolute Gasteiger partial charge is 0.274 e. The van der Waals surface area contributed by atoms with Gasteiger partial charge in [0.25, 0.3) is 5.91 Å². The Labute approximate surface area is 195 Å². The molecule has 3 atom stereocenters. The maximum atomic E-state index is 12.9. The van der Waals surface area contributed by atoms with Crippen LogP contribution in [-0.2, 0) is 14.3 Å². The molecule has 1 aromatic rings. The van der Waals surface area contributed by atoms with Crippen LogP contribution in [-0.4, -0.2) is 106 Å². The largest absolute Gasteiger partial charge is 0.388 e. The van der Waals surface area contributed by atoms with Crippen molar-refractivity contribution >= 4 is 11.8 Å². The van der Waals surface area contributed by atoms with Gasteiger partial charge in [0.1, 0.15) is 24.0 Å². The molecule has 33 heavy (non-hydrogen) atoms. The highest BCUT2D eigenvalue weighted by Crippen LogP contribution is 2.12. The molecular formula is C23H36N4O6. The highest BCUT2D eigenvalue weighted by Gasteiger charge is 2.30. The van der Waals surface area contributed by atoms with Crippen molar-refractivity contribution in [2.24, 2.45) is 5.92 Å². The lowest BCUT2D eigenvalue weighted by Gasteiger charge is -2.33. The Morgan fingerprint density at radius 2 is 1.97 bits per heavy atom. The van der Waals surface area contributed by atoms with E-state index in [-0.39, 0.29) is 50.4 Å². The molecule has 0 fully saturated rings. The molecule has 1 aliphatic heterocycles. The first-order chi connectivity index (χ1) is 15.8. The number of hydrogen-bond acceptors (Lipinski definition) is 8. The predicted molar refractivity (Wildman–Crippen MR) is 121 cm³/mol. The van der Waals surface area contributed by atoms with Crippen LogP contribution >= 0.6 is 0 Å². The fourth-order valence-corrected chi connectivity index (χ4v) is 3.27. The molecule has 0 spiro atoms. The summed E-state index contributed by atoms with van der Waals surface area (Å²) in [7, 11) is 0. The second kappa shape index (κ2) is 14.0. The average molecular weight is 465 g/mol. The van der Waals surface area contributed by atoms with Gasteiger partial charge in [-0.2, -0.15) is 0 Å². The number of aliphatic hydroxyl groups is 2. The summed E-state index contributed by atoms with van der Waals surface area (Å²) in [6.07, 6.45) is 5.45. The van der Waals surface area contributed by atoms with Crippen molar-refractivity contribution in [3.63, 3.8) is 0 Å². The lowest BCUT2D eigenvalue weighted by Crippen LogP contribution is -2.50. The van der Waals surface area contributed by atoms with Crippen molar-refractivity contribution < 1.29 is 29.3 Å². The van der Waals surface area contributed by atoms with E-state index >= 15 is 0 Å². The molecule has 2 N–H and O–H groups in total. The van der Waals surface area contributed by atoms with E-state index in [2.05, 4.69) is 23.8 Å². The zero-order valence-electron chi connectivity index (χ0n) is 19.7. The molecule has 184 valence electrons. The summed E-state index contributed by atoms with van der Waals surface area (Å²) in [6.45, 7) is 6.93. The second-order valence-electron chi connectivity index (χ2n) is 8.47. The standard InChI is InChI=1S/C23H36N4O6/c1-17(2)6-13-33-21-15-27(18(3)28)11-10-26(23(31)19-14-24-7-8-25-19)9-4-5-12-32-16-20(29)22(21)30/h4-5,7-8,14,17,20-22,29-30H,6,9-13,15-16H2,1-3H3/t20-,21-,22-/m0/s1. The lowest BCUT2D eigenvalue weighted by molar-refractivity contribution is -0.139. The van der Waals surface area contributed by atoms with Gasteiger partial charge in [-0.1, -0.05) is 26.0 Å². The van der Waals surface area contributed by atoms with Gasteiger partial charge >= 0.3 is 0 Å². The van der Waals surface area contributed by atoms with Crippen LogP contribution in [0.3, 0.4) is 0 Å². The fourth-order valence-electron chi connectivity index (χ4n) is 3.27. The summed E-state index contributed by atoms with van der Waals surface area (Å²) in [4.78, 5) is 36.4. The maximum absolute atomic E-state index is 12.9. The minimum absolute atomic E-state index is 0.0780. The Hall–Kier alpha value is -2.40. The SMILES string of the molecule is CC(=O)N1CCN(C(=O)c2cnccn2)CC=CCOC[C@H](O)[C@H](O)[C@@H](OCCC(C)C)C1. The van der Waals surface area contributed by atoms with Crippen molar-refractivity contribution in [3.8, 4) is 0 Å². The minimum atomic E-state index is -1.23. The number of rotatable bonds is 5. The number of nitrogens with zero attached hydrogens (tertiary/aromatic N) is 4. The molecule has 1 aromatic heterocycles. The summed E-state index contributed by atoms with van der Waals surface area (Å²) in [5.41, 5.74) is 0.214. The zero-order chi connectivity index (χ0) is 24.2. The molecule has 2 rings (SSSR count). The minimum Gasteiger partial charge on any atom is -0.388 e. The van der Waals surface area contributed by atoms with Crippen LogP contribution in [0.25, 0.3) is 0 Å². The number of ether oxygens (including phenoxy) is 2. The molecule has 0 saturated carbocycles. The van der Waals surface area contributed by atoms with Crippen molar-refractivity contribution in [2.75, 3.05) is 46.0 Å². The van der Waals surface area contributed by atoms with Crippen molar-refractivity contribution in [1.29, 1.82) is 0 Å². The van der Waals surface area contributed by atoms with Gasteiger partial charge in [0, 0.05) is 52.1 Å². The Morgan fingerprint density at radius 3 is 2.64 bits per heavy atom. The molecule has 0 unspecified atom stereocenters. The predicted octanol–water partition coefficient (Wildman–Crippen LogP) is 0.507. The van der Waals surface area contributed by atoms with Crippen LogP contribution in [0.1, 0.15) is 37.7 Å². The Balaban J connectivity index is 2.21. The highest BCUT2D eigenvalue weighted by atomic mass is 16.5. The van der Waals surface area contributed by atoms with E-state index in [0.29, 0.717) is 19.1 Å². The molecule has 1 aliphatic rings. The van der Waals surface area contributed by atoms with Crippen LogP contribution in [0.15, 0.2) is 30.7 Å². The van der Waals surface area contributed by atoms with Gasteiger partial charge in [-0.25, -0.2) is 4.98 Å². The highest BCUT2D eigenvalue weighted by molar-refractivity contribution is 5.92. The average Bonchev–Trinajstić information content (AvgIpc) is 2.79. The Kier molecular flexibility index (Phi) is 11.4. The van der Waals surface area contributed by atoms with Crippen LogP contribution in [0.5, 0.6) is 0 Å². The number of carbonyl (C=O) groups is 2. The van der Waals surface area contributed by atoms with Crippen LogP contribution in [0.2, 0.25) is 0 Å². The Morgan fingerprint density at radius 1 is 1.21 bits per heavy atom. The van der Waals surface area contributed by atoms with Crippen LogP contribution in [0, 0.1) is 5.92 Å². The summed E-state index contributed by atoms with van der Waals surface area (Å²) in [5, 5.41) is 21.1. The van der Waals surface area contributed by atoms with E-state index in [9.17, 15) is 19.8 Å². The number of carbonyl (C=O) groups excluding carboxylic acids is 2. The normalized spacial score (nSPS) is 23.4. The quantitative estimate of drug-likeness (QED) is 0.604. The summed E-state index contributed by atoms with van der Waals surface area (Å²) in [5.74, 6) is -0.116. The molecule has 0 radical (unpaired) electrons. The third-order valence-corrected chi connectivity index (χ3v) is 5.35. The molecule has 0 saturated heterocycles. The number of amides is 2. The third kappa shape index (κ3) is 9.17. The first-order valence-electron chi connectivity index (χ1n) is 11.3. The van der Waals surface area contributed by atoms with Gasteiger partial charge in [0.15, 0.2) is 0 Å². The number of aliphatic hydroxyl groups excluding tert-OH is 2. The zero-order valence-corrected chi connectivity index (χ0v) is 19.7. The molecule has 0 aromatic carbocycles. The van der Waals surface area contributed by atoms with E-state index in [0.717, 1.165) is 6.42 Å². The van der Waals surface area contributed by atoms with E-state index in [1.54, 1.807) is 17.1 Å². The van der Waals surface area contributed by atoms with Gasteiger partial charge < -0.3 is 29.5 Å². The van der Waals surface area contributed by atoms with E-state index in [4.69, 9.17) is 9.47 Å². The number of hydrogen-bond donors (Lipinski definition) is 2. The lowest BCUT2D eigenvalue weighted by atomic mass is 10.1. The van der Waals surface area contributed by atoms with Crippen molar-refractivity contribution in [2.45, 2.75) is 45.5 Å². The van der Waals surface area contributed by atoms with Gasteiger partial charge in [0.05, 0.1) is 19.4 Å². The first-order valence-corrected chi connectivity index (χ1v) is 11.3. The monoisotopic (exact) mass is 464 g/mol. The molecule has 2 heterocycles. The molecular weight excluding hydrogens is 428 g/mol. The summed E-state index contributed by atoms with van der Waals surface area (Å²) < 4.78 is 11.3. The molecule has 0 bridgehead atoms. The van der Waals surface area contributed by atoms with Gasteiger partial charge in [-0.3, -0.25) is 14.6 Å². The van der Waals surface area contributed by atoms with Gasteiger partial charge in [-0.15, -0.1) is 0 Å². The second-order valence-corrected chi connectivity index (χ2v) is 8.47. The molecule has 2 amide bonds. The number of aromatic nitrogens is 2. The third-order valence-electron chi connectivity index (χ3n) is 5.35. The van der Waals surface area contributed by atoms with Gasteiger partial charge in [-0.05, 0) is 12.3 Å². The van der Waals surface area contributed by atoms with Crippen molar-refractivity contribution in [3.05, 3.63) is 36.4 Å². The molecule has 10 nitrogen and oxygen atoms in total. The summed E-state index contributed by atoms with van der Waals surface area (Å²) in [6, 6.07) is 0. The Bertz CT molecular complexity index is 761. The maximum Gasteiger partial charge on any atom is 0.274 e. The van der Waals surface area contributed by atoms with Crippen molar-refractivity contribution in [1.82, 2.24) is 19.8 Å². The van der Waals surface area contributed by atoms with E-state index < -0.39 is 18.3 Å². The van der Waals surface area contributed by atoms with Crippen LogP contribution in [0.4, 0.5) is 0 Å².